The van der Waals surface area contributed by atoms with Gasteiger partial charge in [-0.1, -0.05) is 13.8 Å². The monoisotopic (exact) mass is 227 g/mol. The zero-order valence-corrected chi connectivity index (χ0v) is 10.3. The smallest absolute Gasteiger partial charge is 0.287 e. The number of nitrogens with one attached hydrogen (secondary N) is 1. The predicted octanol–water partition coefficient (Wildman–Crippen LogP) is 1.14. The van der Waals surface area contributed by atoms with Crippen molar-refractivity contribution in [2.75, 3.05) is 19.8 Å². The molecular weight excluding hydrogens is 206 g/mol. The van der Waals surface area contributed by atoms with Gasteiger partial charge < -0.3 is 10.1 Å². The third kappa shape index (κ3) is 3.59. The Kier molecular flexibility index (Phi) is 4.47. The lowest BCUT2D eigenvalue weighted by atomic mass is 9.74. The van der Waals surface area contributed by atoms with E-state index in [2.05, 4.69) is 19.2 Å². The third-order valence-corrected chi connectivity index (χ3v) is 3.35. The Morgan fingerprint density at radius 1 is 1.31 bits per heavy atom. The van der Waals surface area contributed by atoms with Crippen molar-refractivity contribution in [2.45, 2.75) is 33.6 Å². The summed E-state index contributed by atoms with van der Waals surface area (Å²) in [6.45, 7) is 7.70. The van der Waals surface area contributed by atoms with E-state index in [1.165, 1.54) is 6.92 Å². The molecule has 0 spiro atoms. The molecular formula is C12H21NO3. The number of carbonyl (C=O) groups excluding carboxylic acids is 2. The van der Waals surface area contributed by atoms with Crippen LogP contribution >= 0.6 is 0 Å². The zero-order valence-electron chi connectivity index (χ0n) is 10.3. The van der Waals surface area contributed by atoms with Crippen LogP contribution in [0.1, 0.15) is 33.6 Å². The van der Waals surface area contributed by atoms with E-state index in [1.807, 2.05) is 0 Å². The summed E-state index contributed by atoms with van der Waals surface area (Å²) in [4.78, 5) is 22.0. The molecule has 16 heavy (non-hydrogen) atoms. The molecule has 1 rings (SSSR count). The van der Waals surface area contributed by atoms with Crippen molar-refractivity contribution in [3.63, 3.8) is 0 Å². The van der Waals surface area contributed by atoms with Gasteiger partial charge in [-0.3, -0.25) is 9.59 Å². The first-order chi connectivity index (χ1) is 7.43. The highest BCUT2D eigenvalue weighted by Gasteiger charge is 2.31. The zero-order chi connectivity index (χ0) is 12.2. The minimum absolute atomic E-state index is 0.0227. The van der Waals surface area contributed by atoms with E-state index >= 15 is 0 Å². The van der Waals surface area contributed by atoms with Crippen LogP contribution in [0.2, 0.25) is 0 Å². The number of carbonyl (C=O) groups is 2. The van der Waals surface area contributed by atoms with Crippen LogP contribution < -0.4 is 5.32 Å². The van der Waals surface area contributed by atoms with Crippen LogP contribution in [0.25, 0.3) is 0 Å². The van der Waals surface area contributed by atoms with Crippen LogP contribution in [0.15, 0.2) is 0 Å². The summed E-state index contributed by atoms with van der Waals surface area (Å²) in [5.41, 5.74) is 0.0227. The lowest BCUT2D eigenvalue weighted by Gasteiger charge is -2.36. The van der Waals surface area contributed by atoms with Crippen molar-refractivity contribution >= 4 is 11.7 Å². The number of hydrogen-bond donors (Lipinski definition) is 1. The first-order valence-corrected chi connectivity index (χ1v) is 5.80. The van der Waals surface area contributed by atoms with Crippen molar-refractivity contribution < 1.29 is 14.3 Å². The summed E-state index contributed by atoms with van der Waals surface area (Å²) in [7, 11) is 0. The van der Waals surface area contributed by atoms with Crippen LogP contribution in [0.5, 0.6) is 0 Å². The van der Waals surface area contributed by atoms with Gasteiger partial charge in [0.15, 0.2) is 0 Å². The molecule has 1 fully saturated rings. The van der Waals surface area contributed by atoms with Gasteiger partial charge in [0.05, 0.1) is 0 Å². The number of Topliss-reactive ketones (excluding diaryl/α,β-unsaturated/α-hetero) is 1. The molecule has 0 radical (unpaired) electrons. The second-order valence-corrected chi connectivity index (χ2v) is 5.11. The molecule has 1 N–H and O–H groups in total. The van der Waals surface area contributed by atoms with Crippen molar-refractivity contribution in [1.29, 1.82) is 0 Å². The van der Waals surface area contributed by atoms with Gasteiger partial charge in [0.2, 0.25) is 5.78 Å². The summed E-state index contributed by atoms with van der Waals surface area (Å²) in [6, 6.07) is 0. The molecule has 4 nitrogen and oxygen atoms in total. The van der Waals surface area contributed by atoms with E-state index in [1.54, 1.807) is 0 Å². The fraction of sp³-hybridized carbons (Fsp3) is 0.833. The molecule has 1 aliphatic heterocycles. The number of amides is 1. The Labute approximate surface area is 96.7 Å². The Morgan fingerprint density at radius 3 is 2.38 bits per heavy atom. The number of ketones is 1. The van der Waals surface area contributed by atoms with Gasteiger partial charge in [0.1, 0.15) is 0 Å². The fourth-order valence-electron chi connectivity index (χ4n) is 2.06. The topological polar surface area (TPSA) is 55.4 Å². The van der Waals surface area contributed by atoms with Gasteiger partial charge in [-0.05, 0) is 24.2 Å². The van der Waals surface area contributed by atoms with E-state index in [9.17, 15) is 9.59 Å². The first-order valence-electron chi connectivity index (χ1n) is 5.80. The normalized spacial score (nSPS) is 18.2. The average molecular weight is 227 g/mol. The summed E-state index contributed by atoms with van der Waals surface area (Å²) in [6.07, 6.45) is 2.06. The summed E-state index contributed by atoms with van der Waals surface area (Å²) in [5, 5.41) is 2.69. The molecule has 0 aliphatic carbocycles. The predicted molar refractivity (Wildman–Crippen MR) is 61.0 cm³/mol. The van der Waals surface area contributed by atoms with Crippen molar-refractivity contribution in [2.24, 2.45) is 11.3 Å². The van der Waals surface area contributed by atoms with E-state index in [-0.39, 0.29) is 5.41 Å². The van der Waals surface area contributed by atoms with E-state index in [4.69, 9.17) is 4.74 Å². The molecule has 1 amide bonds. The Hall–Kier alpha value is -0.900. The minimum Gasteiger partial charge on any atom is -0.381 e. The lowest BCUT2D eigenvalue weighted by Crippen LogP contribution is -2.42. The van der Waals surface area contributed by atoms with Crippen LogP contribution in [0.4, 0.5) is 0 Å². The quantitative estimate of drug-likeness (QED) is 0.733. The summed E-state index contributed by atoms with van der Waals surface area (Å²) in [5.74, 6) is -0.364. The molecule has 0 aromatic carbocycles. The molecule has 1 saturated heterocycles. The first kappa shape index (κ1) is 13.2. The molecule has 0 saturated carbocycles. The van der Waals surface area contributed by atoms with Gasteiger partial charge in [-0.2, -0.15) is 0 Å². The van der Waals surface area contributed by atoms with E-state index in [0.29, 0.717) is 12.5 Å². The Morgan fingerprint density at radius 2 is 1.88 bits per heavy atom. The maximum Gasteiger partial charge on any atom is 0.287 e. The van der Waals surface area contributed by atoms with Crippen molar-refractivity contribution in [3.8, 4) is 0 Å². The molecule has 1 aliphatic rings. The van der Waals surface area contributed by atoms with E-state index < -0.39 is 11.7 Å². The average Bonchev–Trinajstić information content (AvgIpc) is 2.27. The second kappa shape index (κ2) is 5.43. The molecule has 0 aromatic rings. The molecule has 0 aromatic heterocycles. The molecule has 92 valence electrons. The third-order valence-electron chi connectivity index (χ3n) is 3.35. The number of ether oxygens (including phenoxy) is 1. The van der Waals surface area contributed by atoms with Gasteiger partial charge >= 0.3 is 0 Å². The molecule has 4 heteroatoms. The molecule has 0 atom stereocenters. The second-order valence-electron chi connectivity index (χ2n) is 5.11. The Balaban J connectivity index is 2.43. The van der Waals surface area contributed by atoms with Gasteiger partial charge in [-0.15, -0.1) is 0 Å². The maximum atomic E-state index is 11.2. The van der Waals surface area contributed by atoms with Crippen molar-refractivity contribution in [1.82, 2.24) is 5.32 Å². The van der Waals surface area contributed by atoms with Crippen molar-refractivity contribution in [3.05, 3.63) is 0 Å². The van der Waals surface area contributed by atoms with Crippen LogP contribution in [0.3, 0.4) is 0 Å². The van der Waals surface area contributed by atoms with Gasteiger partial charge in [0.25, 0.3) is 5.91 Å². The van der Waals surface area contributed by atoms with Crippen LogP contribution in [-0.4, -0.2) is 31.4 Å². The summed E-state index contributed by atoms with van der Waals surface area (Å²) >= 11 is 0. The highest BCUT2D eigenvalue weighted by Crippen LogP contribution is 2.33. The highest BCUT2D eigenvalue weighted by molar-refractivity contribution is 6.35. The molecule has 0 unspecified atom stereocenters. The fourth-order valence-corrected chi connectivity index (χ4v) is 2.06. The minimum atomic E-state index is -0.486. The maximum absolute atomic E-state index is 11.2. The molecule has 0 bridgehead atoms. The number of hydrogen-bond acceptors (Lipinski definition) is 3. The summed E-state index contributed by atoms with van der Waals surface area (Å²) < 4.78 is 5.32. The van der Waals surface area contributed by atoms with Gasteiger partial charge in [0, 0.05) is 26.7 Å². The standard InChI is InChI=1S/C12H21NO3/c1-9(14)11(15)13-8-12(2,3)10-4-6-16-7-5-10/h10H,4-8H2,1-3H3,(H,13,15). The SMILES string of the molecule is CC(=O)C(=O)NCC(C)(C)C1CCOCC1. The number of rotatable bonds is 4. The van der Waals surface area contributed by atoms with Crippen LogP contribution in [0, 0.1) is 11.3 Å². The van der Waals surface area contributed by atoms with E-state index in [0.717, 1.165) is 26.1 Å². The molecule has 1 heterocycles. The largest absolute Gasteiger partial charge is 0.381 e. The highest BCUT2D eigenvalue weighted by atomic mass is 16.5. The van der Waals surface area contributed by atoms with Crippen LogP contribution in [-0.2, 0) is 14.3 Å². The lowest BCUT2D eigenvalue weighted by molar-refractivity contribution is -0.137. The Bertz CT molecular complexity index is 267. The van der Waals surface area contributed by atoms with Gasteiger partial charge in [-0.25, -0.2) is 0 Å².